The molecule has 80 valence electrons. The molecule has 0 amide bonds. The summed E-state index contributed by atoms with van der Waals surface area (Å²) < 4.78 is 0. The van der Waals surface area contributed by atoms with Crippen LogP contribution in [0.2, 0.25) is 5.02 Å². The zero-order valence-electron chi connectivity index (χ0n) is 8.33. The monoisotopic (exact) mass is 241 g/mol. The van der Waals surface area contributed by atoms with Gasteiger partial charge in [-0.05, 0) is 25.2 Å². The first-order valence-corrected chi connectivity index (χ1v) is 5.34. The lowest BCUT2D eigenvalue weighted by atomic mass is 10.2. The summed E-state index contributed by atoms with van der Waals surface area (Å²) in [6.07, 6.45) is 1.63. The van der Waals surface area contributed by atoms with E-state index in [4.69, 9.17) is 23.8 Å². The molecule has 0 radical (unpaired) electrons. The minimum atomic E-state index is 0.501. The molecule has 0 heterocycles. The van der Waals surface area contributed by atoms with Gasteiger partial charge in [-0.3, -0.25) is 5.43 Å². The number of rotatable bonds is 3. The van der Waals surface area contributed by atoms with Gasteiger partial charge in [0.2, 0.25) is 0 Å². The zero-order chi connectivity index (χ0) is 11.1. The molecule has 0 saturated heterocycles. The first-order valence-electron chi connectivity index (χ1n) is 4.55. The zero-order valence-corrected chi connectivity index (χ0v) is 9.90. The third-order valence-corrected chi connectivity index (χ3v) is 2.19. The van der Waals surface area contributed by atoms with Gasteiger partial charge in [0, 0.05) is 17.1 Å². The maximum absolute atomic E-state index is 5.93. The predicted octanol–water partition coefficient (Wildman–Crippen LogP) is 2.16. The molecule has 0 aliphatic carbocycles. The smallest absolute Gasteiger partial charge is 0.186 e. The molecule has 2 N–H and O–H groups in total. The number of nitrogens with zero attached hydrogens (tertiary/aromatic N) is 1. The van der Waals surface area contributed by atoms with Gasteiger partial charge in [-0.1, -0.05) is 29.8 Å². The fraction of sp³-hybridized carbons (Fsp3) is 0.200. The van der Waals surface area contributed by atoms with Crippen molar-refractivity contribution in [2.45, 2.75) is 6.92 Å². The van der Waals surface area contributed by atoms with Gasteiger partial charge in [0.1, 0.15) is 0 Å². The Kier molecular flexibility index (Phi) is 5.07. The Hall–Kier alpha value is -1.13. The normalized spacial score (nSPS) is 10.3. The summed E-state index contributed by atoms with van der Waals surface area (Å²) in [5, 5.41) is 8.04. The number of benzene rings is 1. The molecule has 0 aromatic heterocycles. The molecule has 0 spiro atoms. The van der Waals surface area contributed by atoms with Gasteiger partial charge in [0.25, 0.3) is 0 Å². The summed E-state index contributed by atoms with van der Waals surface area (Å²) in [5.41, 5.74) is 3.54. The molecular formula is C10H12ClN3S. The molecule has 0 atom stereocenters. The van der Waals surface area contributed by atoms with Crippen LogP contribution < -0.4 is 10.7 Å². The van der Waals surface area contributed by atoms with Crippen molar-refractivity contribution in [3.63, 3.8) is 0 Å². The summed E-state index contributed by atoms with van der Waals surface area (Å²) in [5.74, 6) is 0. The van der Waals surface area contributed by atoms with Crippen LogP contribution in [0.15, 0.2) is 29.4 Å². The van der Waals surface area contributed by atoms with Gasteiger partial charge < -0.3 is 5.32 Å². The lowest BCUT2D eigenvalue weighted by Gasteiger charge is -2.02. The van der Waals surface area contributed by atoms with E-state index in [1.54, 1.807) is 6.21 Å². The van der Waals surface area contributed by atoms with E-state index in [-0.39, 0.29) is 0 Å². The molecule has 0 saturated carbocycles. The molecule has 0 aliphatic rings. The topological polar surface area (TPSA) is 36.4 Å². The van der Waals surface area contributed by atoms with Crippen molar-refractivity contribution >= 4 is 35.1 Å². The summed E-state index contributed by atoms with van der Waals surface area (Å²) in [6, 6.07) is 7.46. The highest BCUT2D eigenvalue weighted by Crippen LogP contribution is 2.11. The minimum Gasteiger partial charge on any atom is -0.362 e. The average molecular weight is 242 g/mol. The van der Waals surface area contributed by atoms with Gasteiger partial charge in [0.15, 0.2) is 5.11 Å². The van der Waals surface area contributed by atoms with Gasteiger partial charge in [-0.25, -0.2) is 0 Å². The number of halogens is 1. The van der Waals surface area contributed by atoms with E-state index in [1.807, 2.05) is 31.2 Å². The summed E-state index contributed by atoms with van der Waals surface area (Å²) in [7, 11) is 0. The van der Waals surface area contributed by atoms with E-state index in [0.29, 0.717) is 10.1 Å². The highest BCUT2D eigenvalue weighted by Gasteiger charge is 1.94. The van der Waals surface area contributed by atoms with Gasteiger partial charge in [-0.2, -0.15) is 5.10 Å². The molecule has 1 aromatic rings. The molecule has 0 fully saturated rings. The number of hydrogen-bond donors (Lipinski definition) is 2. The maximum Gasteiger partial charge on any atom is 0.186 e. The quantitative estimate of drug-likeness (QED) is 0.484. The van der Waals surface area contributed by atoms with Crippen molar-refractivity contribution in [2.75, 3.05) is 6.54 Å². The van der Waals surface area contributed by atoms with Gasteiger partial charge in [0.05, 0.1) is 6.21 Å². The van der Waals surface area contributed by atoms with E-state index in [0.717, 1.165) is 12.1 Å². The molecule has 1 aromatic carbocycles. The van der Waals surface area contributed by atoms with Crippen LogP contribution in [0, 0.1) is 0 Å². The van der Waals surface area contributed by atoms with Crippen LogP contribution in [0.25, 0.3) is 0 Å². The van der Waals surface area contributed by atoms with Crippen molar-refractivity contribution in [1.82, 2.24) is 10.7 Å². The first-order chi connectivity index (χ1) is 7.24. The van der Waals surface area contributed by atoms with Crippen LogP contribution in [-0.2, 0) is 0 Å². The van der Waals surface area contributed by atoms with Crippen molar-refractivity contribution in [3.05, 3.63) is 34.9 Å². The molecule has 0 aliphatic heterocycles. The van der Waals surface area contributed by atoms with Crippen LogP contribution in [0.4, 0.5) is 0 Å². The summed E-state index contributed by atoms with van der Waals surface area (Å²) in [4.78, 5) is 0. The van der Waals surface area contributed by atoms with E-state index < -0.39 is 0 Å². The highest BCUT2D eigenvalue weighted by molar-refractivity contribution is 7.80. The Bertz CT molecular complexity index is 365. The van der Waals surface area contributed by atoms with E-state index in [9.17, 15) is 0 Å². The second-order valence-corrected chi connectivity index (χ2v) is 3.57. The molecule has 0 bridgehead atoms. The number of hydrazone groups is 1. The SMILES string of the molecule is CCNC(=S)N/N=C\c1ccccc1Cl. The van der Waals surface area contributed by atoms with Crippen LogP contribution in [0.5, 0.6) is 0 Å². The fourth-order valence-corrected chi connectivity index (χ4v) is 1.32. The third kappa shape index (κ3) is 4.27. The Labute approximate surface area is 99.5 Å². The third-order valence-electron chi connectivity index (χ3n) is 1.61. The second kappa shape index (κ2) is 6.37. The van der Waals surface area contributed by atoms with E-state index >= 15 is 0 Å². The van der Waals surface area contributed by atoms with Crippen molar-refractivity contribution in [2.24, 2.45) is 5.10 Å². The van der Waals surface area contributed by atoms with Gasteiger partial charge in [-0.15, -0.1) is 0 Å². The Morgan fingerprint density at radius 2 is 2.27 bits per heavy atom. The van der Waals surface area contributed by atoms with Crippen molar-refractivity contribution in [3.8, 4) is 0 Å². The Balaban J connectivity index is 2.52. The van der Waals surface area contributed by atoms with E-state index in [1.165, 1.54) is 0 Å². The fourth-order valence-electron chi connectivity index (χ4n) is 0.940. The minimum absolute atomic E-state index is 0.501. The molecule has 15 heavy (non-hydrogen) atoms. The van der Waals surface area contributed by atoms with Crippen LogP contribution >= 0.6 is 23.8 Å². The van der Waals surface area contributed by atoms with Crippen LogP contribution in [0.1, 0.15) is 12.5 Å². The number of nitrogens with one attached hydrogen (secondary N) is 2. The molecule has 3 nitrogen and oxygen atoms in total. The molecule has 1 rings (SSSR count). The van der Waals surface area contributed by atoms with Crippen molar-refractivity contribution < 1.29 is 0 Å². The first kappa shape index (κ1) is 11.9. The molecule has 0 unspecified atom stereocenters. The summed E-state index contributed by atoms with van der Waals surface area (Å²) in [6.45, 7) is 2.74. The molecule has 5 heteroatoms. The number of hydrogen-bond acceptors (Lipinski definition) is 2. The van der Waals surface area contributed by atoms with Crippen molar-refractivity contribution in [1.29, 1.82) is 0 Å². The van der Waals surface area contributed by atoms with Gasteiger partial charge >= 0.3 is 0 Å². The summed E-state index contributed by atoms with van der Waals surface area (Å²) >= 11 is 10.9. The molecular weight excluding hydrogens is 230 g/mol. The lowest BCUT2D eigenvalue weighted by molar-refractivity contribution is 0.904. The van der Waals surface area contributed by atoms with Crippen LogP contribution in [-0.4, -0.2) is 17.9 Å². The Morgan fingerprint density at radius 1 is 1.53 bits per heavy atom. The maximum atomic E-state index is 5.93. The highest BCUT2D eigenvalue weighted by atomic mass is 35.5. The lowest BCUT2D eigenvalue weighted by Crippen LogP contribution is -2.31. The second-order valence-electron chi connectivity index (χ2n) is 2.75. The average Bonchev–Trinajstić information content (AvgIpc) is 2.21. The standard InChI is InChI=1S/C10H12ClN3S/c1-2-12-10(15)14-13-7-8-5-3-4-6-9(8)11/h3-7H,2H2,1H3,(H2,12,14,15)/b13-7-. The van der Waals surface area contributed by atoms with E-state index in [2.05, 4.69) is 15.8 Å². The largest absolute Gasteiger partial charge is 0.362 e. The Morgan fingerprint density at radius 3 is 2.93 bits per heavy atom. The number of thiocarbonyl (C=S) groups is 1. The van der Waals surface area contributed by atoms with Crippen LogP contribution in [0.3, 0.4) is 0 Å². The predicted molar refractivity (Wildman–Crippen MR) is 68.5 cm³/mol.